The molecule has 1 saturated carbocycles. The molecule has 1 saturated heterocycles. The minimum atomic E-state index is -0.749. The largest absolute Gasteiger partial charge is 0.496 e. The van der Waals surface area contributed by atoms with Gasteiger partial charge in [-0.05, 0) is 69.4 Å². The van der Waals surface area contributed by atoms with Crippen LogP contribution < -0.4 is 10.1 Å². The van der Waals surface area contributed by atoms with Gasteiger partial charge in [0.15, 0.2) is 0 Å². The van der Waals surface area contributed by atoms with E-state index in [1.807, 2.05) is 12.1 Å². The van der Waals surface area contributed by atoms with E-state index >= 15 is 0 Å². The quantitative estimate of drug-likeness (QED) is 0.416. The van der Waals surface area contributed by atoms with Gasteiger partial charge < -0.3 is 15.2 Å². The molecule has 7 heteroatoms. The molecule has 36 heavy (non-hydrogen) atoms. The summed E-state index contributed by atoms with van der Waals surface area (Å²) in [5, 5.41) is 13.6. The van der Waals surface area contributed by atoms with Crippen molar-refractivity contribution in [3.05, 3.63) is 46.9 Å². The zero-order chi connectivity index (χ0) is 25.1. The Bertz CT molecular complexity index is 1050. The zero-order valence-electron chi connectivity index (χ0n) is 21.7. The number of aryl methyl sites for hydroxylation is 1. The van der Waals surface area contributed by atoms with Crippen molar-refractivity contribution in [1.29, 1.82) is 0 Å². The molecule has 0 radical (unpaired) electrons. The standard InChI is InChI=1S/C29H40N4O3/c1-19(7-3-4-8-22-17-25(36-2)23-9-5-15-31-28(23)32-22)21-13-16-33(18-21)27(29(34)35)24-10-6-14-30-26(24)20-11-12-20/h6,10,14,17,19-21,27H,3-5,7-9,11-13,15-16,18H2,1-2H3,(H,31,32)(H,34,35)/t19?,21-,27+/m1/s1. The van der Waals surface area contributed by atoms with Crippen LogP contribution in [0.4, 0.5) is 5.82 Å². The number of carboxylic acid groups (broad SMARTS) is 1. The summed E-state index contributed by atoms with van der Waals surface area (Å²) in [5.41, 5.74) is 4.22. The van der Waals surface area contributed by atoms with Gasteiger partial charge in [-0.2, -0.15) is 0 Å². The lowest BCUT2D eigenvalue weighted by Gasteiger charge is -2.27. The second kappa shape index (κ2) is 11.2. The predicted octanol–water partition coefficient (Wildman–Crippen LogP) is 5.22. The third kappa shape index (κ3) is 5.51. The highest BCUT2D eigenvalue weighted by molar-refractivity contribution is 5.76. The fourth-order valence-electron chi connectivity index (χ4n) is 6.14. The van der Waals surface area contributed by atoms with Crippen LogP contribution in [0, 0.1) is 11.8 Å². The Morgan fingerprint density at radius 1 is 1.31 bits per heavy atom. The first kappa shape index (κ1) is 25.0. The number of likely N-dealkylation sites (tertiary alicyclic amines) is 1. The second-order valence-electron chi connectivity index (χ2n) is 10.9. The SMILES string of the molecule is COc1cc(CCCCC(C)[C@@H]2CCN([C@H](C(=O)O)c3cccnc3C3CC3)C2)nc2c1CCCN2. The summed E-state index contributed by atoms with van der Waals surface area (Å²) < 4.78 is 5.64. The van der Waals surface area contributed by atoms with E-state index in [2.05, 4.69) is 28.2 Å². The summed E-state index contributed by atoms with van der Waals surface area (Å²) in [6.07, 6.45) is 11.7. The fraction of sp³-hybridized carbons (Fsp3) is 0.621. The number of fused-ring (bicyclic) bond motifs is 1. The molecule has 2 aromatic rings. The van der Waals surface area contributed by atoms with Crippen LogP contribution in [0.5, 0.6) is 5.75 Å². The molecule has 4 heterocycles. The molecule has 2 N–H and O–H groups in total. The Morgan fingerprint density at radius 3 is 2.94 bits per heavy atom. The molecule has 0 spiro atoms. The van der Waals surface area contributed by atoms with Crippen LogP contribution in [0.15, 0.2) is 24.4 Å². The van der Waals surface area contributed by atoms with Crippen LogP contribution in [0.3, 0.4) is 0 Å². The highest BCUT2D eigenvalue weighted by Gasteiger charge is 2.39. The number of unbranched alkanes of at least 4 members (excludes halogenated alkanes) is 1. The average molecular weight is 493 g/mol. The Labute approximate surface area is 214 Å². The number of methoxy groups -OCH3 is 1. The van der Waals surface area contributed by atoms with E-state index in [1.54, 1.807) is 13.3 Å². The number of pyridine rings is 2. The normalized spacial score (nSPS) is 21.4. The van der Waals surface area contributed by atoms with Crippen molar-refractivity contribution in [2.45, 2.75) is 76.7 Å². The minimum Gasteiger partial charge on any atom is -0.496 e. The van der Waals surface area contributed by atoms with E-state index in [9.17, 15) is 9.90 Å². The molecule has 1 unspecified atom stereocenters. The first-order chi connectivity index (χ1) is 17.5. The lowest BCUT2D eigenvalue weighted by atomic mass is 9.88. The molecular weight excluding hydrogens is 452 g/mol. The summed E-state index contributed by atoms with van der Waals surface area (Å²) in [6, 6.07) is 5.40. The lowest BCUT2D eigenvalue weighted by Crippen LogP contribution is -2.33. The molecule has 0 bridgehead atoms. The number of hydrogen-bond donors (Lipinski definition) is 2. The summed E-state index contributed by atoms with van der Waals surface area (Å²) >= 11 is 0. The van der Waals surface area contributed by atoms with E-state index in [0.717, 1.165) is 106 Å². The molecular formula is C29H40N4O3. The maximum absolute atomic E-state index is 12.4. The average Bonchev–Trinajstić information content (AvgIpc) is 3.63. The zero-order valence-corrected chi connectivity index (χ0v) is 21.7. The van der Waals surface area contributed by atoms with Gasteiger partial charge in [0.1, 0.15) is 17.6 Å². The van der Waals surface area contributed by atoms with Crippen molar-refractivity contribution in [3.63, 3.8) is 0 Å². The summed E-state index contributed by atoms with van der Waals surface area (Å²) in [7, 11) is 1.75. The van der Waals surface area contributed by atoms with Crippen LogP contribution in [0.1, 0.15) is 86.3 Å². The number of ether oxygens (including phenoxy) is 1. The summed E-state index contributed by atoms with van der Waals surface area (Å²) in [4.78, 5) is 24.0. The van der Waals surface area contributed by atoms with E-state index in [1.165, 1.54) is 5.56 Å². The third-order valence-electron chi connectivity index (χ3n) is 8.38. The number of aromatic nitrogens is 2. The molecule has 5 rings (SSSR count). The van der Waals surface area contributed by atoms with Crippen LogP contribution >= 0.6 is 0 Å². The van der Waals surface area contributed by atoms with Crippen molar-refractivity contribution < 1.29 is 14.6 Å². The van der Waals surface area contributed by atoms with Gasteiger partial charge in [-0.25, -0.2) is 4.98 Å². The molecule has 3 aliphatic rings. The number of anilines is 1. The maximum Gasteiger partial charge on any atom is 0.325 e. The minimum absolute atomic E-state index is 0.445. The number of nitrogens with one attached hydrogen (secondary N) is 1. The first-order valence-corrected chi connectivity index (χ1v) is 13.8. The molecule has 1 aliphatic carbocycles. The number of carboxylic acids is 1. The van der Waals surface area contributed by atoms with Crippen LogP contribution in [-0.4, -0.2) is 52.7 Å². The number of aliphatic carboxylic acids is 1. The summed E-state index contributed by atoms with van der Waals surface area (Å²) in [5.74, 6) is 2.78. The fourth-order valence-corrected chi connectivity index (χ4v) is 6.14. The van der Waals surface area contributed by atoms with E-state index in [4.69, 9.17) is 9.72 Å². The Morgan fingerprint density at radius 2 is 2.17 bits per heavy atom. The van der Waals surface area contributed by atoms with Crippen LogP contribution in [0.2, 0.25) is 0 Å². The van der Waals surface area contributed by atoms with Crippen molar-refractivity contribution in [1.82, 2.24) is 14.9 Å². The maximum atomic E-state index is 12.4. The molecule has 2 fully saturated rings. The van der Waals surface area contributed by atoms with Crippen molar-refractivity contribution >= 4 is 11.8 Å². The Balaban J connectivity index is 1.13. The smallest absolute Gasteiger partial charge is 0.325 e. The van der Waals surface area contributed by atoms with Crippen molar-refractivity contribution in [2.24, 2.45) is 11.8 Å². The van der Waals surface area contributed by atoms with Gasteiger partial charge in [-0.3, -0.25) is 14.7 Å². The van der Waals surface area contributed by atoms with Gasteiger partial charge >= 0.3 is 5.97 Å². The predicted molar refractivity (Wildman–Crippen MR) is 141 cm³/mol. The second-order valence-corrected chi connectivity index (χ2v) is 10.9. The first-order valence-electron chi connectivity index (χ1n) is 13.8. The monoisotopic (exact) mass is 492 g/mol. The molecule has 2 aromatic heterocycles. The van der Waals surface area contributed by atoms with Gasteiger partial charge in [0.25, 0.3) is 0 Å². The number of nitrogens with zero attached hydrogens (tertiary/aromatic N) is 3. The third-order valence-corrected chi connectivity index (χ3v) is 8.38. The molecule has 3 atom stereocenters. The highest BCUT2D eigenvalue weighted by atomic mass is 16.5. The van der Waals surface area contributed by atoms with Crippen molar-refractivity contribution in [3.8, 4) is 5.75 Å². The highest BCUT2D eigenvalue weighted by Crippen LogP contribution is 2.43. The topological polar surface area (TPSA) is 87.6 Å². The molecule has 194 valence electrons. The van der Waals surface area contributed by atoms with Gasteiger partial charge in [-0.1, -0.05) is 25.8 Å². The number of carbonyl (C=O) groups is 1. The van der Waals surface area contributed by atoms with Gasteiger partial charge in [-0.15, -0.1) is 0 Å². The van der Waals surface area contributed by atoms with Gasteiger partial charge in [0.05, 0.1) is 7.11 Å². The van der Waals surface area contributed by atoms with Crippen molar-refractivity contribution in [2.75, 3.05) is 32.1 Å². The van der Waals surface area contributed by atoms with Gasteiger partial charge in [0.2, 0.25) is 0 Å². The molecule has 2 aliphatic heterocycles. The molecule has 0 aromatic carbocycles. The van der Waals surface area contributed by atoms with E-state index in [-0.39, 0.29) is 0 Å². The van der Waals surface area contributed by atoms with Crippen LogP contribution in [-0.2, 0) is 17.6 Å². The molecule has 0 amide bonds. The van der Waals surface area contributed by atoms with Gasteiger partial charge in [0, 0.05) is 53.8 Å². The molecule has 7 nitrogen and oxygen atoms in total. The number of hydrogen-bond acceptors (Lipinski definition) is 6. The van der Waals surface area contributed by atoms with E-state index in [0.29, 0.717) is 17.8 Å². The number of rotatable bonds is 11. The Hall–Kier alpha value is -2.67. The lowest BCUT2D eigenvalue weighted by molar-refractivity contribution is -0.143. The van der Waals surface area contributed by atoms with E-state index < -0.39 is 12.0 Å². The summed E-state index contributed by atoms with van der Waals surface area (Å²) in [6.45, 7) is 5.02. The Kier molecular flexibility index (Phi) is 7.75. The van der Waals surface area contributed by atoms with Crippen LogP contribution in [0.25, 0.3) is 0 Å².